The van der Waals surface area contributed by atoms with Crippen LogP contribution >= 0.6 is 0 Å². The first kappa shape index (κ1) is 21.5. The second-order valence-corrected chi connectivity index (χ2v) is 7.47. The first-order valence-electron chi connectivity index (χ1n) is 10.1. The topological polar surface area (TPSA) is 118 Å². The molecule has 0 saturated carbocycles. The summed E-state index contributed by atoms with van der Waals surface area (Å²) in [7, 11) is 0. The number of non-ortho nitro benzene ring substituents is 1. The Morgan fingerprint density at radius 1 is 1.06 bits per heavy atom. The number of aromatic nitrogens is 1. The van der Waals surface area contributed by atoms with E-state index in [9.17, 15) is 25.0 Å². The van der Waals surface area contributed by atoms with E-state index >= 15 is 0 Å². The van der Waals surface area contributed by atoms with Gasteiger partial charge in [-0.15, -0.1) is 0 Å². The number of nitrogens with zero attached hydrogens (tertiary/aromatic N) is 3. The SMILES string of the molecule is CC(=O)NCc1cccc(-c2ccc3cc(C#N)c(=O)n(-c4ccc([N+](=O)[O-])cc4)c3c2)c1. The van der Waals surface area contributed by atoms with Crippen LogP contribution in [0.25, 0.3) is 27.7 Å². The molecule has 1 heterocycles. The van der Waals surface area contributed by atoms with E-state index < -0.39 is 10.5 Å². The number of benzene rings is 3. The first-order chi connectivity index (χ1) is 15.9. The van der Waals surface area contributed by atoms with Crippen LogP contribution in [0.4, 0.5) is 5.69 Å². The molecule has 0 aliphatic rings. The molecular weight excluding hydrogens is 420 g/mol. The Morgan fingerprint density at radius 2 is 1.79 bits per heavy atom. The number of nitro groups is 1. The zero-order valence-electron chi connectivity index (χ0n) is 17.6. The van der Waals surface area contributed by atoms with Crippen LogP contribution < -0.4 is 10.9 Å². The lowest BCUT2D eigenvalue weighted by atomic mass is 10.0. The van der Waals surface area contributed by atoms with Gasteiger partial charge in [-0.1, -0.05) is 30.3 Å². The number of nitro benzene ring substituents is 1. The van der Waals surface area contributed by atoms with Crippen LogP contribution in [0.1, 0.15) is 18.1 Å². The molecule has 1 N–H and O–H groups in total. The van der Waals surface area contributed by atoms with E-state index in [-0.39, 0.29) is 17.2 Å². The average molecular weight is 438 g/mol. The summed E-state index contributed by atoms with van der Waals surface area (Å²) < 4.78 is 1.39. The summed E-state index contributed by atoms with van der Waals surface area (Å²) in [6.07, 6.45) is 0. The van der Waals surface area contributed by atoms with E-state index in [1.54, 1.807) is 0 Å². The van der Waals surface area contributed by atoms with Gasteiger partial charge in [0.1, 0.15) is 11.6 Å². The molecule has 0 aliphatic carbocycles. The Morgan fingerprint density at radius 3 is 2.45 bits per heavy atom. The molecule has 0 saturated heterocycles. The molecule has 0 aliphatic heterocycles. The van der Waals surface area contributed by atoms with Crippen molar-refractivity contribution in [1.82, 2.24) is 9.88 Å². The maximum atomic E-state index is 13.1. The summed E-state index contributed by atoms with van der Waals surface area (Å²) in [4.78, 5) is 34.8. The standard InChI is InChI=1S/C25H18N4O4/c1-16(30)27-15-17-3-2-4-18(11-17)19-5-6-20-12-21(14-26)25(31)28(24(20)13-19)22-7-9-23(10-8-22)29(32)33/h2-13H,15H2,1H3,(H,27,30). The van der Waals surface area contributed by atoms with E-state index in [0.29, 0.717) is 23.1 Å². The normalized spacial score (nSPS) is 10.5. The molecule has 0 bridgehead atoms. The van der Waals surface area contributed by atoms with Gasteiger partial charge < -0.3 is 5.32 Å². The van der Waals surface area contributed by atoms with Gasteiger partial charge in [-0.3, -0.25) is 24.3 Å². The van der Waals surface area contributed by atoms with E-state index in [2.05, 4.69) is 5.32 Å². The summed E-state index contributed by atoms with van der Waals surface area (Å²) in [5.41, 5.74) is 3.03. The van der Waals surface area contributed by atoms with Crippen molar-refractivity contribution in [3.8, 4) is 22.9 Å². The van der Waals surface area contributed by atoms with Crippen molar-refractivity contribution in [1.29, 1.82) is 5.26 Å². The second kappa shape index (κ2) is 8.77. The summed E-state index contributed by atoms with van der Waals surface area (Å²) in [6, 6.07) is 22.3. The highest BCUT2D eigenvalue weighted by atomic mass is 16.6. The molecule has 0 radical (unpaired) electrons. The van der Waals surface area contributed by atoms with E-state index in [0.717, 1.165) is 16.7 Å². The molecule has 0 unspecified atom stereocenters. The van der Waals surface area contributed by atoms with Crippen LogP contribution in [-0.2, 0) is 11.3 Å². The molecule has 4 aromatic rings. The van der Waals surface area contributed by atoms with E-state index in [1.165, 1.54) is 41.8 Å². The lowest BCUT2D eigenvalue weighted by Crippen LogP contribution is -2.21. The summed E-state index contributed by atoms with van der Waals surface area (Å²) in [6.45, 7) is 1.86. The average Bonchev–Trinajstić information content (AvgIpc) is 2.82. The highest BCUT2D eigenvalue weighted by molar-refractivity contribution is 5.87. The highest BCUT2D eigenvalue weighted by Gasteiger charge is 2.14. The molecule has 1 aromatic heterocycles. The van der Waals surface area contributed by atoms with Crippen LogP contribution in [0.3, 0.4) is 0 Å². The largest absolute Gasteiger partial charge is 0.352 e. The fourth-order valence-corrected chi connectivity index (χ4v) is 3.63. The molecule has 0 spiro atoms. The number of fused-ring (bicyclic) bond motifs is 1. The number of nitriles is 1. The lowest BCUT2D eigenvalue weighted by Gasteiger charge is -2.13. The van der Waals surface area contributed by atoms with Crippen LogP contribution in [-0.4, -0.2) is 15.4 Å². The third kappa shape index (κ3) is 4.34. The van der Waals surface area contributed by atoms with Crippen molar-refractivity contribution in [2.75, 3.05) is 0 Å². The third-order valence-electron chi connectivity index (χ3n) is 5.25. The molecule has 3 aromatic carbocycles. The maximum absolute atomic E-state index is 13.1. The number of nitrogens with one attached hydrogen (secondary N) is 1. The van der Waals surface area contributed by atoms with Gasteiger partial charge in [0, 0.05) is 36.7 Å². The van der Waals surface area contributed by atoms with Crippen LogP contribution in [0.2, 0.25) is 0 Å². The summed E-state index contributed by atoms with van der Waals surface area (Å²) in [5, 5.41) is 23.9. The van der Waals surface area contributed by atoms with Gasteiger partial charge in [-0.25, -0.2) is 0 Å². The number of rotatable bonds is 5. The van der Waals surface area contributed by atoms with Gasteiger partial charge in [0.15, 0.2) is 0 Å². The van der Waals surface area contributed by atoms with Gasteiger partial charge in [-0.2, -0.15) is 5.26 Å². The Labute approximate surface area is 188 Å². The van der Waals surface area contributed by atoms with Crippen molar-refractivity contribution < 1.29 is 9.72 Å². The van der Waals surface area contributed by atoms with Gasteiger partial charge >= 0.3 is 0 Å². The van der Waals surface area contributed by atoms with Crippen LogP contribution in [0, 0.1) is 21.4 Å². The minimum Gasteiger partial charge on any atom is -0.352 e. The molecular formula is C25H18N4O4. The minimum atomic E-state index is -0.511. The number of amides is 1. The van der Waals surface area contributed by atoms with Crippen LogP contribution in [0.5, 0.6) is 0 Å². The molecule has 0 fully saturated rings. The smallest absolute Gasteiger partial charge is 0.273 e. The Kier molecular flexibility index (Phi) is 5.70. The fourth-order valence-electron chi connectivity index (χ4n) is 3.63. The highest BCUT2D eigenvalue weighted by Crippen LogP contribution is 2.27. The number of pyridine rings is 1. The number of hydrogen-bond acceptors (Lipinski definition) is 5. The Hall–Kier alpha value is -4.77. The molecule has 8 heteroatoms. The number of hydrogen-bond donors (Lipinski definition) is 1. The zero-order valence-corrected chi connectivity index (χ0v) is 17.6. The number of carbonyl (C=O) groups excluding carboxylic acids is 1. The van der Waals surface area contributed by atoms with Gasteiger partial charge in [0.25, 0.3) is 11.2 Å². The third-order valence-corrected chi connectivity index (χ3v) is 5.25. The monoisotopic (exact) mass is 438 g/mol. The predicted molar refractivity (Wildman–Crippen MR) is 124 cm³/mol. The summed E-state index contributed by atoms with van der Waals surface area (Å²) >= 11 is 0. The minimum absolute atomic E-state index is 0.0223. The van der Waals surface area contributed by atoms with Gasteiger partial charge in [-0.05, 0) is 47.0 Å². The van der Waals surface area contributed by atoms with Crippen molar-refractivity contribution in [2.24, 2.45) is 0 Å². The molecule has 4 rings (SSSR count). The quantitative estimate of drug-likeness (QED) is 0.372. The summed E-state index contributed by atoms with van der Waals surface area (Å²) in [5.74, 6) is -0.119. The first-order valence-corrected chi connectivity index (χ1v) is 10.1. The second-order valence-electron chi connectivity index (χ2n) is 7.47. The van der Waals surface area contributed by atoms with Gasteiger partial charge in [0.05, 0.1) is 10.4 Å². The van der Waals surface area contributed by atoms with Crippen LogP contribution in [0.15, 0.2) is 77.6 Å². The molecule has 33 heavy (non-hydrogen) atoms. The Balaban J connectivity index is 1.88. The van der Waals surface area contributed by atoms with Crippen molar-refractivity contribution in [2.45, 2.75) is 13.5 Å². The lowest BCUT2D eigenvalue weighted by molar-refractivity contribution is -0.384. The number of carbonyl (C=O) groups is 1. The van der Waals surface area contributed by atoms with Crippen molar-refractivity contribution >= 4 is 22.5 Å². The zero-order chi connectivity index (χ0) is 23.5. The van der Waals surface area contributed by atoms with Crippen molar-refractivity contribution in [3.05, 3.63) is 104 Å². The maximum Gasteiger partial charge on any atom is 0.273 e. The molecule has 8 nitrogen and oxygen atoms in total. The molecule has 1 amide bonds. The molecule has 162 valence electrons. The molecule has 0 atom stereocenters. The van der Waals surface area contributed by atoms with Gasteiger partial charge in [0.2, 0.25) is 5.91 Å². The van der Waals surface area contributed by atoms with E-state index in [1.807, 2.05) is 48.5 Å². The predicted octanol–water partition coefficient (Wildman–Crippen LogP) is 4.07. The Bertz CT molecular complexity index is 1500. The van der Waals surface area contributed by atoms with E-state index in [4.69, 9.17) is 0 Å². The van der Waals surface area contributed by atoms with Crippen molar-refractivity contribution in [3.63, 3.8) is 0 Å². The fraction of sp³-hybridized carbons (Fsp3) is 0.0800.